The molecule has 14 heavy (non-hydrogen) atoms. The van der Waals surface area contributed by atoms with E-state index in [1.54, 1.807) is 6.92 Å². The fourth-order valence-corrected chi connectivity index (χ4v) is 2.81. The van der Waals surface area contributed by atoms with Crippen LogP contribution in [0.15, 0.2) is 10.8 Å². The van der Waals surface area contributed by atoms with Gasteiger partial charge in [0, 0.05) is 4.91 Å². The molecule has 0 saturated carbocycles. The highest BCUT2D eigenvalue weighted by Gasteiger charge is 2.52. The Morgan fingerprint density at radius 2 is 2.29 bits per heavy atom. The summed E-state index contributed by atoms with van der Waals surface area (Å²) >= 11 is 1.47. The van der Waals surface area contributed by atoms with Crippen LogP contribution in [0.1, 0.15) is 13.8 Å². The highest BCUT2D eigenvalue weighted by molar-refractivity contribution is 8.04. The lowest BCUT2D eigenvalue weighted by molar-refractivity contribution is -0.148. The SMILES string of the molecule is CC1=C(OC(=O)O)N2C(=O)C(C)[C@@H]2S1. The van der Waals surface area contributed by atoms with Crippen molar-refractivity contribution in [1.29, 1.82) is 0 Å². The van der Waals surface area contributed by atoms with Gasteiger partial charge in [-0.05, 0) is 6.92 Å². The predicted molar refractivity (Wildman–Crippen MR) is 49.2 cm³/mol. The van der Waals surface area contributed by atoms with Gasteiger partial charge < -0.3 is 9.84 Å². The van der Waals surface area contributed by atoms with E-state index in [0.29, 0.717) is 0 Å². The molecule has 0 bridgehead atoms. The minimum Gasteiger partial charge on any atom is -0.449 e. The Morgan fingerprint density at radius 3 is 2.86 bits per heavy atom. The fourth-order valence-electron chi connectivity index (χ4n) is 1.58. The number of carbonyl (C=O) groups excluding carboxylic acids is 1. The summed E-state index contributed by atoms with van der Waals surface area (Å²) in [5, 5.41) is 8.49. The summed E-state index contributed by atoms with van der Waals surface area (Å²) in [5.41, 5.74) is 0. The zero-order valence-corrected chi connectivity index (χ0v) is 8.50. The molecule has 1 amide bonds. The molecule has 1 saturated heterocycles. The lowest BCUT2D eigenvalue weighted by atomic mass is 10.0. The van der Waals surface area contributed by atoms with Gasteiger partial charge in [0.2, 0.25) is 11.8 Å². The van der Waals surface area contributed by atoms with Crippen molar-refractivity contribution in [3.63, 3.8) is 0 Å². The maximum Gasteiger partial charge on any atom is 0.512 e. The van der Waals surface area contributed by atoms with Crippen molar-refractivity contribution < 1.29 is 19.4 Å². The molecule has 0 aromatic heterocycles. The van der Waals surface area contributed by atoms with Crippen molar-refractivity contribution in [2.75, 3.05) is 0 Å². The third-order valence-corrected chi connectivity index (χ3v) is 3.70. The molecule has 2 aliphatic heterocycles. The Morgan fingerprint density at radius 1 is 1.64 bits per heavy atom. The molecule has 76 valence electrons. The molecule has 6 heteroatoms. The number of fused-ring (bicyclic) bond motifs is 1. The van der Waals surface area contributed by atoms with Gasteiger partial charge in [-0.2, -0.15) is 0 Å². The summed E-state index contributed by atoms with van der Waals surface area (Å²) in [6.07, 6.45) is -1.38. The Labute approximate surface area is 84.7 Å². The van der Waals surface area contributed by atoms with Crippen LogP contribution >= 0.6 is 11.8 Å². The molecule has 2 rings (SSSR count). The first kappa shape index (κ1) is 9.39. The number of ether oxygens (including phenoxy) is 1. The predicted octanol–water partition coefficient (Wildman–Crippen LogP) is 1.42. The number of β-lactam (4-membered cyclic amide) rings is 1. The van der Waals surface area contributed by atoms with Gasteiger partial charge in [0.05, 0.1) is 5.92 Å². The molecule has 2 heterocycles. The Bertz CT molecular complexity index is 351. The van der Waals surface area contributed by atoms with Gasteiger partial charge in [-0.1, -0.05) is 18.7 Å². The number of hydrogen-bond acceptors (Lipinski definition) is 4. The molecule has 1 fully saturated rings. The van der Waals surface area contributed by atoms with Gasteiger partial charge in [-0.25, -0.2) is 4.79 Å². The van der Waals surface area contributed by atoms with Crippen LogP contribution in [0.25, 0.3) is 0 Å². The van der Waals surface area contributed by atoms with Gasteiger partial charge in [-0.15, -0.1) is 0 Å². The average molecular weight is 215 g/mol. The Kier molecular flexibility index (Phi) is 1.95. The molecule has 0 aromatic carbocycles. The highest BCUT2D eigenvalue weighted by atomic mass is 32.2. The van der Waals surface area contributed by atoms with Crippen LogP contribution < -0.4 is 0 Å². The van der Waals surface area contributed by atoms with E-state index in [1.165, 1.54) is 16.7 Å². The largest absolute Gasteiger partial charge is 0.512 e. The lowest BCUT2D eigenvalue weighted by Gasteiger charge is -2.39. The van der Waals surface area contributed by atoms with E-state index >= 15 is 0 Å². The van der Waals surface area contributed by atoms with Crippen LogP contribution in [0.5, 0.6) is 0 Å². The topological polar surface area (TPSA) is 66.8 Å². The highest BCUT2D eigenvalue weighted by Crippen LogP contribution is 2.48. The summed E-state index contributed by atoms with van der Waals surface area (Å²) in [4.78, 5) is 23.9. The van der Waals surface area contributed by atoms with E-state index in [-0.39, 0.29) is 23.1 Å². The summed E-state index contributed by atoms with van der Waals surface area (Å²) in [7, 11) is 0. The second kappa shape index (κ2) is 2.91. The second-order valence-corrected chi connectivity index (χ2v) is 4.57. The number of allylic oxidation sites excluding steroid dienone is 1. The molecule has 0 aliphatic carbocycles. The summed E-state index contributed by atoms with van der Waals surface area (Å²) < 4.78 is 4.56. The smallest absolute Gasteiger partial charge is 0.449 e. The Hall–Kier alpha value is -1.17. The average Bonchev–Trinajstić information content (AvgIpc) is 2.40. The second-order valence-electron chi connectivity index (χ2n) is 3.23. The van der Waals surface area contributed by atoms with Crippen molar-refractivity contribution in [3.05, 3.63) is 10.8 Å². The van der Waals surface area contributed by atoms with Crippen molar-refractivity contribution in [2.45, 2.75) is 19.2 Å². The van der Waals surface area contributed by atoms with Crippen molar-refractivity contribution in [2.24, 2.45) is 5.92 Å². The number of hydrogen-bond donors (Lipinski definition) is 1. The van der Waals surface area contributed by atoms with Crippen molar-refractivity contribution in [1.82, 2.24) is 4.90 Å². The number of thioether (sulfide) groups is 1. The molecule has 2 atom stereocenters. The van der Waals surface area contributed by atoms with Crippen LogP contribution in [0.2, 0.25) is 0 Å². The van der Waals surface area contributed by atoms with Gasteiger partial charge in [0.1, 0.15) is 5.37 Å². The summed E-state index contributed by atoms with van der Waals surface area (Å²) in [5.74, 6) is 0.0519. The standard InChI is InChI=1S/C8H9NO4S/c1-3-5(10)9-6(13-8(11)12)4(2)14-7(3)9/h3,7H,1-2H3,(H,11,12)/t3?,7-/m0/s1. The van der Waals surface area contributed by atoms with Crippen molar-refractivity contribution >= 4 is 23.8 Å². The van der Waals surface area contributed by atoms with Gasteiger partial charge >= 0.3 is 6.16 Å². The van der Waals surface area contributed by atoms with E-state index in [1.807, 2.05) is 6.92 Å². The lowest BCUT2D eigenvalue weighted by Crippen LogP contribution is -2.55. The maximum absolute atomic E-state index is 11.4. The van der Waals surface area contributed by atoms with Crippen LogP contribution in [0.4, 0.5) is 4.79 Å². The monoisotopic (exact) mass is 215 g/mol. The van der Waals surface area contributed by atoms with E-state index in [2.05, 4.69) is 4.74 Å². The molecular formula is C8H9NO4S. The number of carboxylic acid groups (broad SMARTS) is 1. The first-order valence-corrected chi connectivity index (χ1v) is 5.01. The first-order valence-electron chi connectivity index (χ1n) is 4.13. The molecule has 1 N–H and O–H groups in total. The third kappa shape index (κ3) is 1.10. The van der Waals surface area contributed by atoms with Gasteiger partial charge in [-0.3, -0.25) is 9.69 Å². The fraction of sp³-hybridized carbons (Fsp3) is 0.500. The summed E-state index contributed by atoms with van der Waals surface area (Å²) in [6.45, 7) is 3.58. The Balaban J connectivity index is 2.20. The maximum atomic E-state index is 11.4. The molecular weight excluding hydrogens is 206 g/mol. The zero-order valence-electron chi connectivity index (χ0n) is 7.68. The zero-order chi connectivity index (χ0) is 10.5. The molecule has 0 radical (unpaired) electrons. The van der Waals surface area contributed by atoms with Gasteiger partial charge in [0.15, 0.2) is 0 Å². The van der Waals surface area contributed by atoms with E-state index in [0.717, 1.165) is 4.91 Å². The van der Waals surface area contributed by atoms with E-state index in [9.17, 15) is 9.59 Å². The third-order valence-electron chi connectivity index (χ3n) is 2.31. The molecule has 1 unspecified atom stereocenters. The normalized spacial score (nSPS) is 30.1. The van der Waals surface area contributed by atoms with Gasteiger partial charge in [0.25, 0.3) is 0 Å². The molecule has 5 nitrogen and oxygen atoms in total. The van der Waals surface area contributed by atoms with Crippen LogP contribution in [0, 0.1) is 5.92 Å². The minimum absolute atomic E-state index is 0.0249. The minimum atomic E-state index is -1.38. The van der Waals surface area contributed by atoms with Crippen LogP contribution in [0.3, 0.4) is 0 Å². The number of amides is 1. The molecule has 2 aliphatic rings. The van der Waals surface area contributed by atoms with Crippen LogP contribution in [-0.4, -0.2) is 27.4 Å². The van der Waals surface area contributed by atoms with E-state index < -0.39 is 6.16 Å². The molecule has 0 aromatic rings. The van der Waals surface area contributed by atoms with E-state index in [4.69, 9.17) is 5.11 Å². The number of carbonyl (C=O) groups is 2. The summed E-state index contributed by atoms with van der Waals surface area (Å²) in [6, 6.07) is 0. The quantitative estimate of drug-likeness (QED) is 0.529. The number of rotatable bonds is 1. The number of nitrogens with zero attached hydrogens (tertiary/aromatic N) is 1. The van der Waals surface area contributed by atoms with Crippen molar-refractivity contribution in [3.8, 4) is 0 Å². The first-order chi connectivity index (χ1) is 6.52. The van der Waals surface area contributed by atoms with Crippen LogP contribution in [-0.2, 0) is 9.53 Å². The molecule has 0 spiro atoms.